The van der Waals surface area contributed by atoms with Crippen LogP contribution in [0.15, 0.2) is 24.5 Å². The number of halogens is 2. The molecule has 0 amide bonds. The van der Waals surface area contributed by atoms with Crippen LogP contribution in [0.1, 0.15) is 0 Å². The van der Waals surface area contributed by atoms with Crippen molar-refractivity contribution in [2.45, 2.75) is 0 Å². The third kappa shape index (κ3) is 2.23. The van der Waals surface area contributed by atoms with Crippen LogP contribution in [0.25, 0.3) is 11.2 Å². The minimum absolute atomic E-state index is 0.454. The number of aromatic nitrogens is 4. The van der Waals surface area contributed by atoms with E-state index >= 15 is 0 Å². The van der Waals surface area contributed by atoms with Crippen molar-refractivity contribution in [2.75, 3.05) is 17.7 Å². The van der Waals surface area contributed by atoms with Gasteiger partial charge in [-0.15, -0.1) is 0 Å². The molecule has 0 fully saturated rings. The van der Waals surface area contributed by atoms with Gasteiger partial charge in [0.15, 0.2) is 11.5 Å². The van der Waals surface area contributed by atoms with Crippen LogP contribution in [0.4, 0.5) is 17.5 Å². The summed E-state index contributed by atoms with van der Waals surface area (Å²) in [7, 11) is 1.74. The number of hydrogen-bond donors (Lipinski definition) is 3. The van der Waals surface area contributed by atoms with E-state index in [-0.39, 0.29) is 0 Å². The van der Waals surface area contributed by atoms with Gasteiger partial charge < -0.3 is 15.6 Å². The number of nitrogens with zero attached hydrogens (tertiary/aromatic N) is 3. The summed E-state index contributed by atoms with van der Waals surface area (Å²) < 4.78 is 0. The van der Waals surface area contributed by atoms with Crippen LogP contribution in [-0.4, -0.2) is 27.0 Å². The predicted molar refractivity (Wildman–Crippen MR) is 81.0 cm³/mol. The van der Waals surface area contributed by atoms with Crippen LogP contribution in [0.2, 0.25) is 10.0 Å². The first-order valence-corrected chi connectivity index (χ1v) is 6.54. The van der Waals surface area contributed by atoms with Gasteiger partial charge in [0.25, 0.3) is 0 Å². The number of hydrogen-bond acceptors (Lipinski definition) is 5. The summed E-state index contributed by atoms with van der Waals surface area (Å²) in [6.07, 6.45) is 1.55. The van der Waals surface area contributed by atoms with Gasteiger partial charge in [-0.3, -0.25) is 0 Å². The van der Waals surface area contributed by atoms with Crippen LogP contribution >= 0.6 is 23.2 Å². The molecule has 6 nitrogen and oxygen atoms in total. The Balaban J connectivity index is 2.12. The lowest BCUT2D eigenvalue weighted by Gasteiger charge is -2.11. The number of imidazole rings is 1. The van der Waals surface area contributed by atoms with E-state index in [1.54, 1.807) is 31.6 Å². The second-order valence-corrected chi connectivity index (χ2v) is 4.78. The van der Waals surface area contributed by atoms with Crippen molar-refractivity contribution >= 4 is 51.8 Å². The van der Waals surface area contributed by atoms with Crippen LogP contribution in [-0.2, 0) is 0 Å². The van der Waals surface area contributed by atoms with Crippen LogP contribution in [0.5, 0.6) is 0 Å². The average molecular weight is 309 g/mol. The van der Waals surface area contributed by atoms with Crippen LogP contribution in [0, 0.1) is 0 Å². The highest BCUT2D eigenvalue weighted by Gasteiger charge is 2.12. The molecule has 0 aliphatic carbocycles. The molecule has 0 unspecified atom stereocenters. The summed E-state index contributed by atoms with van der Waals surface area (Å²) in [6.45, 7) is 0. The van der Waals surface area contributed by atoms with Crippen molar-refractivity contribution in [2.24, 2.45) is 0 Å². The van der Waals surface area contributed by atoms with E-state index in [1.165, 1.54) is 0 Å². The monoisotopic (exact) mass is 308 g/mol. The van der Waals surface area contributed by atoms with Crippen molar-refractivity contribution in [1.29, 1.82) is 0 Å². The largest absolute Gasteiger partial charge is 0.357 e. The molecule has 3 rings (SSSR count). The molecule has 0 aliphatic heterocycles. The Morgan fingerprint density at radius 2 is 1.90 bits per heavy atom. The Kier molecular flexibility index (Phi) is 3.33. The zero-order chi connectivity index (χ0) is 14.1. The van der Waals surface area contributed by atoms with E-state index in [1.807, 2.05) is 0 Å². The summed E-state index contributed by atoms with van der Waals surface area (Å²) in [5, 5.41) is 7.02. The maximum atomic E-state index is 6.15. The Morgan fingerprint density at radius 3 is 2.60 bits per heavy atom. The normalized spacial score (nSPS) is 10.8. The first kappa shape index (κ1) is 13.0. The summed E-state index contributed by atoms with van der Waals surface area (Å²) in [5.74, 6) is 1.00. The molecule has 2 aromatic heterocycles. The Morgan fingerprint density at radius 1 is 1.15 bits per heavy atom. The number of para-hydroxylation sites is 1. The highest BCUT2D eigenvalue weighted by atomic mass is 35.5. The highest BCUT2D eigenvalue weighted by Crippen LogP contribution is 2.33. The van der Waals surface area contributed by atoms with E-state index in [9.17, 15) is 0 Å². The van der Waals surface area contributed by atoms with Crippen molar-refractivity contribution in [3.8, 4) is 0 Å². The molecular weight excluding hydrogens is 299 g/mol. The lowest BCUT2D eigenvalue weighted by molar-refractivity contribution is 1.18. The average Bonchev–Trinajstić information content (AvgIpc) is 2.91. The molecular formula is C12H10Cl2N6. The highest BCUT2D eigenvalue weighted by molar-refractivity contribution is 6.39. The van der Waals surface area contributed by atoms with Crippen LogP contribution < -0.4 is 10.6 Å². The van der Waals surface area contributed by atoms with E-state index in [2.05, 4.69) is 30.6 Å². The molecule has 2 heterocycles. The van der Waals surface area contributed by atoms with E-state index in [0.29, 0.717) is 38.7 Å². The van der Waals surface area contributed by atoms with Gasteiger partial charge in [0.1, 0.15) is 5.52 Å². The first-order valence-electron chi connectivity index (χ1n) is 5.79. The van der Waals surface area contributed by atoms with Gasteiger partial charge in [-0.25, -0.2) is 4.98 Å². The standard InChI is InChI=1S/C12H10Cl2N6/c1-15-12-19-10-9(16-5-17-10)11(20-12)18-8-6(13)3-2-4-7(8)14/h2-5H,1H3,(H3,15,16,17,18,19,20). The minimum atomic E-state index is 0.454. The van der Waals surface area contributed by atoms with Gasteiger partial charge in [-0.2, -0.15) is 9.97 Å². The molecule has 0 bridgehead atoms. The van der Waals surface area contributed by atoms with Crippen molar-refractivity contribution in [3.63, 3.8) is 0 Å². The van der Waals surface area contributed by atoms with Crippen molar-refractivity contribution in [3.05, 3.63) is 34.6 Å². The van der Waals surface area contributed by atoms with Crippen LogP contribution in [0.3, 0.4) is 0 Å². The lowest BCUT2D eigenvalue weighted by Crippen LogP contribution is -2.02. The lowest BCUT2D eigenvalue weighted by atomic mass is 10.3. The number of aromatic amines is 1. The fourth-order valence-electron chi connectivity index (χ4n) is 1.77. The molecule has 0 spiro atoms. The Labute approximate surface area is 124 Å². The molecule has 0 atom stereocenters. The summed E-state index contributed by atoms with van der Waals surface area (Å²) in [4.78, 5) is 15.7. The van der Waals surface area contributed by atoms with Gasteiger partial charge in [0.05, 0.1) is 22.1 Å². The third-order valence-electron chi connectivity index (χ3n) is 2.72. The summed E-state index contributed by atoms with van der Waals surface area (Å²) in [5.41, 5.74) is 1.82. The van der Waals surface area contributed by atoms with Gasteiger partial charge in [-0.1, -0.05) is 29.3 Å². The molecule has 0 saturated carbocycles. The number of H-pyrrole nitrogens is 1. The molecule has 0 saturated heterocycles. The first-order chi connectivity index (χ1) is 9.69. The fourth-order valence-corrected chi connectivity index (χ4v) is 2.26. The second-order valence-electron chi connectivity index (χ2n) is 3.97. The molecule has 20 heavy (non-hydrogen) atoms. The minimum Gasteiger partial charge on any atom is -0.357 e. The van der Waals surface area contributed by atoms with Gasteiger partial charge in [0.2, 0.25) is 5.95 Å². The molecule has 3 N–H and O–H groups in total. The SMILES string of the molecule is CNc1nc(Nc2c(Cl)cccc2Cl)c2[nH]cnc2n1. The molecule has 0 aliphatic rings. The number of fused-ring (bicyclic) bond motifs is 1. The fraction of sp³-hybridized carbons (Fsp3) is 0.0833. The smallest absolute Gasteiger partial charge is 0.226 e. The molecule has 0 radical (unpaired) electrons. The van der Waals surface area contributed by atoms with Gasteiger partial charge in [-0.05, 0) is 12.1 Å². The number of nitrogens with one attached hydrogen (secondary N) is 3. The molecule has 8 heteroatoms. The number of benzene rings is 1. The molecule has 1 aromatic carbocycles. The maximum Gasteiger partial charge on any atom is 0.226 e. The zero-order valence-electron chi connectivity index (χ0n) is 10.4. The predicted octanol–water partition coefficient (Wildman–Crippen LogP) is 3.45. The third-order valence-corrected chi connectivity index (χ3v) is 3.35. The molecule has 3 aromatic rings. The number of rotatable bonds is 3. The Bertz CT molecular complexity index is 749. The quantitative estimate of drug-likeness (QED) is 0.690. The molecule has 102 valence electrons. The maximum absolute atomic E-state index is 6.15. The van der Waals surface area contributed by atoms with Crippen molar-refractivity contribution in [1.82, 2.24) is 19.9 Å². The van der Waals surface area contributed by atoms with Crippen molar-refractivity contribution < 1.29 is 0 Å². The van der Waals surface area contributed by atoms with E-state index < -0.39 is 0 Å². The second kappa shape index (κ2) is 5.15. The van der Waals surface area contributed by atoms with E-state index in [0.717, 1.165) is 0 Å². The summed E-state index contributed by atoms with van der Waals surface area (Å²) in [6, 6.07) is 5.28. The van der Waals surface area contributed by atoms with Gasteiger partial charge in [0, 0.05) is 7.05 Å². The number of anilines is 3. The zero-order valence-corrected chi connectivity index (χ0v) is 11.9. The summed E-state index contributed by atoms with van der Waals surface area (Å²) >= 11 is 12.3. The topological polar surface area (TPSA) is 78.5 Å². The van der Waals surface area contributed by atoms with E-state index in [4.69, 9.17) is 23.2 Å². The van der Waals surface area contributed by atoms with Gasteiger partial charge >= 0.3 is 0 Å². The Hall–Kier alpha value is -2.05.